The molecule has 1 atom stereocenters. The van der Waals surface area contributed by atoms with Crippen LogP contribution in [0.4, 0.5) is 0 Å². The van der Waals surface area contributed by atoms with Crippen LogP contribution in [0, 0.1) is 6.92 Å². The lowest BCUT2D eigenvalue weighted by Gasteiger charge is -2.18. The van der Waals surface area contributed by atoms with Crippen LogP contribution in [0.25, 0.3) is 0 Å². The van der Waals surface area contributed by atoms with Crippen molar-refractivity contribution in [2.45, 2.75) is 26.3 Å². The molecule has 0 aliphatic heterocycles. The second-order valence-electron chi connectivity index (χ2n) is 5.39. The number of hydrogen-bond acceptors (Lipinski definition) is 3. The van der Waals surface area contributed by atoms with E-state index in [1.807, 2.05) is 50.2 Å². The molecule has 2 aromatic carbocycles. The van der Waals surface area contributed by atoms with Crippen molar-refractivity contribution < 1.29 is 14.3 Å². The van der Waals surface area contributed by atoms with Gasteiger partial charge in [-0.3, -0.25) is 4.79 Å². The van der Waals surface area contributed by atoms with Gasteiger partial charge in [0.1, 0.15) is 11.5 Å². The second-order valence-corrected chi connectivity index (χ2v) is 5.39. The van der Waals surface area contributed by atoms with Gasteiger partial charge >= 0.3 is 0 Å². The number of hydrogen-bond donors (Lipinski definition) is 1. The van der Waals surface area contributed by atoms with E-state index in [0.29, 0.717) is 5.56 Å². The number of amides is 1. The molecule has 0 aliphatic carbocycles. The molecule has 122 valence electrons. The number of rotatable bonds is 6. The Labute approximate surface area is 137 Å². The minimum atomic E-state index is -0.106. The Bertz CT molecular complexity index is 665. The highest BCUT2D eigenvalue weighted by atomic mass is 16.5. The maximum Gasteiger partial charge on any atom is 0.251 e. The molecular formula is C19H23NO3. The van der Waals surface area contributed by atoms with Gasteiger partial charge in [-0.25, -0.2) is 0 Å². The molecule has 1 unspecified atom stereocenters. The van der Waals surface area contributed by atoms with Crippen molar-refractivity contribution in [3.63, 3.8) is 0 Å². The summed E-state index contributed by atoms with van der Waals surface area (Å²) in [6.07, 6.45) is 0.807. The summed E-state index contributed by atoms with van der Waals surface area (Å²) in [6, 6.07) is 13.2. The molecule has 0 heterocycles. The Morgan fingerprint density at radius 3 is 2.35 bits per heavy atom. The topological polar surface area (TPSA) is 47.6 Å². The maximum atomic E-state index is 12.5. The predicted molar refractivity (Wildman–Crippen MR) is 91.2 cm³/mol. The van der Waals surface area contributed by atoms with Gasteiger partial charge in [-0.1, -0.05) is 25.1 Å². The van der Waals surface area contributed by atoms with Gasteiger partial charge in [0, 0.05) is 5.56 Å². The van der Waals surface area contributed by atoms with Crippen molar-refractivity contribution in [1.29, 1.82) is 0 Å². The summed E-state index contributed by atoms with van der Waals surface area (Å²) < 4.78 is 10.5. The Morgan fingerprint density at radius 1 is 1.09 bits per heavy atom. The van der Waals surface area contributed by atoms with E-state index in [9.17, 15) is 4.79 Å². The second kappa shape index (κ2) is 7.68. The van der Waals surface area contributed by atoms with Gasteiger partial charge in [-0.05, 0) is 48.7 Å². The SMILES string of the molecule is CCC(NC(=O)c1ccc(C)c(OC)c1)c1ccc(OC)cc1. The van der Waals surface area contributed by atoms with Gasteiger partial charge in [0.2, 0.25) is 0 Å². The van der Waals surface area contributed by atoms with Crippen molar-refractivity contribution in [3.8, 4) is 11.5 Å². The van der Waals surface area contributed by atoms with E-state index >= 15 is 0 Å². The Hall–Kier alpha value is -2.49. The molecule has 0 saturated heterocycles. The van der Waals surface area contributed by atoms with Gasteiger partial charge < -0.3 is 14.8 Å². The molecule has 1 amide bonds. The van der Waals surface area contributed by atoms with Gasteiger partial charge in [0.15, 0.2) is 0 Å². The normalized spacial score (nSPS) is 11.7. The monoisotopic (exact) mass is 313 g/mol. The highest BCUT2D eigenvalue weighted by molar-refractivity contribution is 5.95. The Balaban J connectivity index is 2.15. The lowest BCUT2D eigenvalue weighted by molar-refractivity contribution is 0.0935. The van der Waals surface area contributed by atoms with Crippen LogP contribution in [0.5, 0.6) is 11.5 Å². The van der Waals surface area contributed by atoms with Gasteiger partial charge in [-0.2, -0.15) is 0 Å². The zero-order valence-corrected chi connectivity index (χ0v) is 14.1. The third kappa shape index (κ3) is 4.03. The average molecular weight is 313 g/mol. The van der Waals surface area contributed by atoms with E-state index < -0.39 is 0 Å². The average Bonchev–Trinajstić information content (AvgIpc) is 2.60. The molecule has 0 fully saturated rings. The predicted octanol–water partition coefficient (Wildman–Crippen LogP) is 3.89. The number of carbonyl (C=O) groups is 1. The zero-order valence-electron chi connectivity index (χ0n) is 14.1. The summed E-state index contributed by atoms with van der Waals surface area (Å²) in [5.41, 5.74) is 2.66. The van der Waals surface area contributed by atoms with Crippen LogP contribution < -0.4 is 14.8 Å². The van der Waals surface area contributed by atoms with Crippen LogP contribution in [-0.2, 0) is 0 Å². The van der Waals surface area contributed by atoms with E-state index in [0.717, 1.165) is 29.0 Å². The molecule has 0 aliphatic rings. The highest BCUT2D eigenvalue weighted by Gasteiger charge is 2.15. The van der Waals surface area contributed by atoms with Crippen molar-refractivity contribution in [2.75, 3.05) is 14.2 Å². The zero-order chi connectivity index (χ0) is 16.8. The maximum absolute atomic E-state index is 12.5. The first-order chi connectivity index (χ1) is 11.1. The fourth-order valence-corrected chi connectivity index (χ4v) is 2.46. The van der Waals surface area contributed by atoms with Crippen LogP contribution in [0.1, 0.15) is 40.9 Å². The van der Waals surface area contributed by atoms with Gasteiger partial charge in [-0.15, -0.1) is 0 Å². The number of carbonyl (C=O) groups excluding carboxylic acids is 1. The van der Waals surface area contributed by atoms with Crippen LogP contribution >= 0.6 is 0 Å². The summed E-state index contributed by atoms with van der Waals surface area (Å²) in [5.74, 6) is 1.42. The van der Waals surface area contributed by atoms with Crippen LogP contribution in [-0.4, -0.2) is 20.1 Å². The van der Waals surface area contributed by atoms with E-state index in [2.05, 4.69) is 5.32 Å². The van der Waals surface area contributed by atoms with Crippen molar-refractivity contribution >= 4 is 5.91 Å². The minimum Gasteiger partial charge on any atom is -0.497 e. The van der Waals surface area contributed by atoms with E-state index in [1.54, 1.807) is 20.3 Å². The van der Waals surface area contributed by atoms with Crippen molar-refractivity contribution in [1.82, 2.24) is 5.32 Å². The van der Waals surface area contributed by atoms with Gasteiger partial charge in [0.25, 0.3) is 5.91 Å². The summed E-state index contributed by atoms with van der Waals surface area (Å²) in [6.45, 7) is 4.00. The molecule has 1 N–H and O–H groups in total. The lowest BCUT2D eigenvalue weighted by Crippen LogP contribution is -2.28. The highest BCUT2D eigenvalue weighted by Crippen LogP contribution is 2.22. The molecule has 23 heavy (non-hydrogen) atoms. The van der Waals surface area contributed by atoms with Crippen molar-refractivity contribution in [3.05, 3.63) is 59.2 Å². The molecule has 0 spiro atoms. The molecule has 0 aromatic heterocycles. The van der Waals surface area contributed by atoms with E-state index in [4.69, 9.17) is 9.47 Å². The lowest BCUT2D eigenvalue weighted by atomic mass is 10.0. The fraction of sp³-hybridized carbons (Fsp3) is 0.316. The summed E-state index contributed by atoms with van der Waals surface area (Å²) >= 11 is 0. The van der Waals surface area contributed by atoms with Crippen molar-refractivity contribution in [2.24, 2.45) is 0 Å². The molecule has 0 saturated carbocycles. The molecule has 2 rings (SSSR count). The molecule has 0 radical (unpaired) electrons. The number of methoxy groups -OCH3 is 2. The molecule has 0 bridgehead atoms. The Morgan fingerprint density at radius 2 is 1.78 bits per heavy atom. The van der Waals surface area contributed by atoms with E-state index in [1.165, 1.54) is 0 Å². The van der Waals surface area contributed by atoms with E-state index in [-0.39, 0.29) is 11.9 Å². The third-order valence-corrected chi connectivity index (χ3v) is 3.90. The number of aryl methyl sites for hydroxylation is 1. The van der Waals surface area contributed by atoms with Crippen LogP contribution in [0.15, 0.2) is 42.5 Å². The first kappa shape index (κ1) is 16.9. The number of nitrogens with one attached hydrogen (secondary N) is 1. The molecule has 4 heteroatoms. The fourth-order valence-electron chi connectivity index (χ4n) is 2.46. The van der Waals surface area contributed by atoms with Gasteiger partial charge in [0.05, 0.1) is 20.3 Å². The number of ether oxygens (including phenoxy) is 2. The smallest absolute Gasteiger partial charge is 0.251 e. The van der Waals surface area contributed by atoms with Crippen LogP contribution in [0.3, 0.4) is 0 Å². The Kier molecular flexibility index (Phi) is 5.63. The number of benzene rings is 2. The largest absolute Gasteiger partial charge is 0.497 e. The minimum absolute atomic E-state index is 0.0410. The summed E-state index contributed by atoms with van der Waals surface area (Å²) in [4.78, 5) is 12.5. The summed E-state index contributed by atoms with van der Waals surface area (Å²) in [5, 5.41) is 3.07. The third-order valence-electron chi connectivity index (χ3n) is 3.90. The first-order valence-corrected chi connectivity index (χ1v) is 7.68. The van der Waals surface area contributed by atoms with Crippen LogP contribution in [0.2, 0.25) is 0 Å². The standard InChI is InChI=1S/C19H23NO3/c1-5-17(14-8-10-16(22-3)11-9-14)20-19(21)15-7-6-13(2)18(12-15)23-4/h6-12,17H,5H2,1-4H3,(H,20,21). The molecular weight excluding hydrogens is 290 g/mol. The molecule has 4 nitrogen and oxygen atoms in total. The quantitative estimate of drug-likeness (QED) is 0.880. The first-order valence-electron chi connectivity index (χ1n) is 7.68. The molecule has 2 aromatic rings. The summed E-state index contributed by atoms with van der Waals surface area (Å²) in [7, 11) is 3.25.